The second-order valence-corrected chi connectivity index (χ2v) is 6.10. The first-order valence-corrected chi connectivity index (χ1v) is 8.31. The molecule has 2 aromatic rings. The fraction of sp³-hybridized carbons (Fsp3) is 0.389. The van der Waals surface area contributed by atoms with E-state index in [-0.39, 0.29) is 24.8 Å². The number of aryl methyl sites for hydroxylation is 1. The smallest absolute Gasteiger partial charge is 0.231 e. The summed E-state index contributed by atoms with van der Waals surface area (Å²) >= 11 is 0. The highest BCUT2D eigenvalue weighted by Crippen LogP contribution is 2.42. The Bertz CT molecular complexity index is 838. The van der Waals surface area contributed by atoms with E-state index in [9.17, 15) is 9.59 Å². The van der Waals surface area contributed by atoms with Crippen LogP contribution in [0.3, 0.4) is 0 Å². The third-order valence-electron chi connectivity index (χ3n) is 4.34. The van der Waals surface area contributed by atoms with Crippen LogP contribution in [-0.2, 0) is 9.59 Å². The first kappa shape index (κ1) is 18.6. The predicted octanol–water partition coefficient (Wildman–Crippen LogP) is 2.00. The average molecular weight is 375 g/mol. The van der Waals surface area contributed by atoms with E-state index in [1.807, 2.05) is 0 Å². The standard InChI is InChI=1S/C18H21N3O6/c1-10-5-15(20-27-10)19-18(23)11-6-16(22)21(9-11)12-7-13(24-2)17(26-4)14(8-12)25-3/h5,7-8,11H,6,9H2,1-4H3,(H,19,20,23)/t11-/m1/s1. The molecule has 1 aliphatic rings. The molecule has 1 fully saturated rings. The van der Waals surface area contributed by atoms with Crippen molar-refractivity contribution in [1.82, 2.24) is 5.16 Å². The Morgan fingerprint density at radius 1 is 1.19 bits per heavy atom. The summed E-state index contributed by atoms with van der Waals surface area (Å²) in [4.78, 5) is 26.5. The quantitative estimate of drug-likeness (QED) is 0.823. The van der Waals surface area contributed by atoms with E-state index in [1.165, 1.54) is 26.2 Å². The third kappa shape index (κ3) is 3.67. The fourth-order valence-corrected chi connectivity index (χ4v) is 3.01. The van der Waals surface area contributed by atoms with Gasteiger partial charge in [0, 0.05) is 31.2 Å². The van der Waals surface area contributed by atoms with Gasteiger partial charge in [-0.05, 0) is 6.92 Å². The van der Waals surface area contributed by atoms with E-state index in [0.29, 0.717) is 34.5 Å². The maximum absolute atomic E-state index is 12.5. The van der Waals surface area contributed by atoms with Gasteiger partial charge < -0.3 is 29.0 Å². The van der Waals surface area contributed by atoms with Gasteiger partial charge in [-0.25, -0.2) is 0 Å². The van der Waals surface area contributed by atoms with Crippen molar-refractivity contribution >= 4 is 23.3 Å². The van der Waals surface area contributed by atoms with E-state index in [1.54, 1.807) is 25.1 Å². The summed E-state index contributed by atoms with van der Waals surface area (Å²) in [5.74, 6) is 1.27. The molecule has 27 heavy (non-hydrogen) atoms. The van der Waals surface area contributed by atoms with Crippen LogP contribution in [0, 0.1) is 12.8 Å². The highest BCUT2D eigenvalue weighted by atomic mass is 16.5. The van der Waals surface area contributed by atoms with Crippen LogP contribution in [0.15, 0.2) is 22.7 Å². The minimum Gasteiger partial charge on any atom is -0.493 e. The number of methoxy groups -OCH3 is 3. The monoisotopic (exact) mass is 375 g/mol. The molecule has 9 nitrogen and oxygen atoms in total. The second-order valence-electron chi connectivity index (χ2n) is 6.10. The van der Waals surface area contributed by atoms with Gasteiger partial charge in [0.15, 0.2) is 17.3 Å². The maximum atomic E-state index is 12.5. The molecule has 3 rings (SSSR count). The van der Waals surface area contributed by atoms with Crippen LogP contribution in [0.5, 0.6) is 17.2 Å². The summed E-state index contributed by atoms with van der Waals surface area (Å²) in [7, 11) is 4.51. The molecular formula is C18H21N3O6. The largest absolute Gasteiger partial charge is 0.493 e. The Kier molecular flexibility index (Phi) is 5.20. The van der Waals surface area contributed by atoms with Gasteiger partial charge in [0.25, 0.3) is 0 Å². The second kappa shape index (κ2) is 7.56. The molecule has 2 heterocycles. The fourth-order valence-electron chi connectivity index (χ4n) is 3.01. The molecule has 1 saturated heterocycles. The summed E-state index contributed by atoms with van der Waals surface area (Å²) in [5.41, 5.74) is 0.571. The molecule has 1 aromatic heterocycles. The normalized spacial score (nSPS) is 16.4. The van der Waals surface area contributed by atoms with Crippen LogP contribution in [-0.4, -0.2) is 44.8 Å². The van der Waals surface area contributed by atoms with E-state index in [4.69, 9.17) is 18.7 Å². The van der Waals surface area contributed by atoms with Gasteiger partial charge in [-0.2, -0.15) is 0 Å². The predicted molar refractivity (Wildman–Crippen MR) is 96.4 cm³/mol. The number of aromatic nitrogens is 1. The van der Waals surface area contributed by atoms with Crippen molar-refractivity contribution in [1.29, 1.82) is 0 Å². The number of ether oxygens (including phenoxy) is 3. The van der Waals surface area contributed by atoms with E-state index < -0.39 is 5.92 Å². The molecule has 2 amide bonds. The maximum Gasteiger partial charge on any atom is 0.231 e. The number of benzene rings is 1. The molecule has 0 radical (unpaired) electrons. The van der Waals surface area contributed by atoms with Crippen LogP contribution in [0.4, 0.5) is 11.5 Å². The van der Waals surface area contributed by atoms with Gasteiger partial charge in [-0.15, -0.1) is 0 Å². The molecule has 1 N–H and O–H groups in total. The van der Waals surface area contributed by atoms with Crippen molar-refractivity contribution in [2.24, 2.45) is 5.92 Å². The lowest BCUT2D eigenvalue weighted by atomic mass is 10.1. The number of carbonyl (C=O) groups excluding carboxylic acids is 2. The lowest BCUT2D eigenvalue weighted by Gasteiger charge is -2.20. The summed E-state index contributed by atoms with van der Waals surface area (Å²) < 4.78 is 20.9. The molecular weight excluding hydrogens is 354 g/mol. The molecule has 1 atom stereocenters. The summed E-state index contributed by atoms with van der Waals surface area (Å²) in [5, 5.41) is 6.40. The van der Waals surface area contributed by atoms with Crippen molar-refractivity contribution in [3.63, 3.8) is 0 Å². The third-order valence-corrected chi connectivity index (χ3v) is 4.34. The average Bonchev–Trinajstić information content (AvgIpc) is 3.25. The van der Waals surface area contributed by atoms with Crippen molar-refractivity contribution in [3.8, 4) is 17.2 Å². The van der Waals surface area contributed by atoms with Gasteiger partial charge in [-0.1, -0.05) is 5.16 Å². The van der Waals surface area contributed by atoms with Gasteiger partial charge in [-0.3, -0.25) is 9.59 Å². The van der Waals surface area contributed by atoms with Crippen molar-refractivity contribution in [2.45, 2.75) is 13.3 Å². The number of anilines is 2. The topological polar surface area (TPSA) is 103 Å². The molecule has 0 aliphatic carbocycles. The van der Waals surface area contributed by atoms with Gasteiger partial charge in [0.2, 0.25) is 17.6 Å². The number of hydrogen-bond donors (Lipinski definition) is 1. The SMILES string of the molecule is COc1cc(N2C[C@H](C(=O)Nc3cc(C)on3)CC2=O)cc(OC)c1OC. The van der Waals surface area contributed by atoms with Crippen LogP contribution >= 0.6 is 0 Å². The zero-order chi connectivity index (χ0) is 19.6. The van der Waals surface area contributed by atoms with Crippen molar-refractivity contribution in [2.75, 3.05) is 38.1 Å². The molecule has 1 aliphatic heterocycles. The van der Waals surface area contributed by atoms with Crippen LogP contribution in [0.25, 0.3) is 0 Å². The number of nitrogens with one attached hydrogen (secondary N) is 1. The van der Waals surface area contributed by atoms with E-state index >= 15 is 0 Å². The molecule has 0 unspecified atom stereocenters. The Labute approximate surface area is 156 Å². The van der Waals surface area contributed by atoms with Crippen LogP contribution in [0.2, 0.25) is 0 Å². The first-order valence-electron chi connectivity index (χ1n) is 8.31. The number of rotatable bonds is 6. The number of hydrogen-bond acceptors (Lipinski definition) is 7. The van der Waals surface area contributed by atoms with Crippen molar-refractivity contribution < 1.29 is 28.3 Å². The minimum absolute atomic E-state index is 0.0966. The minimum atomic E-state index is -0.506. The summed E-state index contributed by atoms with van der Waals surface area (Å²) in [6, 6.07) is 4.98. The lowest BCUT2D eigenvalue weighted by molar-refractivity contribution is -0.122. The Balaban J connectivity index is 1.80. The highest BCUT2D eigenvalue weighted by molar-refractivity contribution is 6.03. The highest BCUT2D eigenvalue weighted by Gasteiger charge is 2.36. The Morgan fingerprint density at radius 2 is 1.85 bits per heavy atom. The zero-order valence-corrected chi connectivity index (χ0v) is 15.6. The number of amides is 2. The van der Waals surface area contributed by atoms with Crippen molar-refractivity contribution in [3.05, 3.63) is 24.0 Å². The molecule has 9 heteroatoms. The van der Waals surface area contributed by atoms with E-state index in [0.717, 1.165) is 0 Å². The van der Waals surface area contributed by atoms with E-state index in [2.05, 4.69) is 10.5 Å². The summed E-state index contributed by atoms with van der Waals surface area (Å²) in [6.45, 7) is 1.97. The Hall–Kier alpha value is -3.23. The van der Waals surface area contributed by atoms with Crippen LogP contribution in [0.1, 0.15) is 12.2 Å². The molecule has 1 aromatic carbocycles. The number of nitrogens with zero attached hydrogens (tertiary/aromatic N) is 2. The zero-order valence-electron chi connectivity index (χ0n) is 15.6. The molecule has 0 bridgehead atoms. The summed E-state index contributed by atoms with van der Waals surface area (Å²) in [6.07, 6.45) is 0.0966. The molecule has 0 saturated carbocycles. The molecule has 144 valence electrons. The molecule has 0 spiro atoms. The Morgan fingerprint density at radius 3 is 2.37 bits per heavy atom. The van der Waals surface area contributed by atoms with Gasteiger partial charge in [0.05, 0.1) is 32.9 Å². The van der Waals surface area contributed by atoms with Gasteiger partial charge >= 0.3 is 0 Å². The lowest BCUT2D eigenvalue weighted by Crippen LogP contribution is -2.28. The first-order chi connectivity index (χ1) is 13.0. The van der Waals surface area contributed by atoms with Crippen LogP contribution < -0.4 is 24.4 Å². The number of carbonyl (C=O) groups is 2. The van der Waals surface area contributed by atoms with Gasteiger partial charge in [0.1, 0.15) is 5.76 Å².